The van der Waals surface area contributed by atoms with Crippen LogP contribution >= 0.6 is 11.6 Å². The topological polar surface area (TPSA) is 62.6 Å². The van der Waals surface area contributed by atoms with Gasteiger partial charge in [0.15, 0.2) is 0 Å². The standard InChI is InChI=1S/C24H24ClNO3/c25-23-8-7-18(24-13-21(28)12-22(15-27)29-24)11-20(23)10-16-3-5-17(6-4-16)19-2-1-9-26-14-19/h1-9,11,14,21-22,24,27-28H,10,12-13,15H2/t21-,22-,24+/m0/s1. The van der Waals surface area contributed by atoms with Crippen molar-refractivity contribution >= 4 is 11.6 Å². The molecule has 5 heteroatoms. The molecule has 0 saturated carbocycles. The molecule has 1 saturated heterocycles. The van der Waals surface area contributed by atoms with E-state index in [0.717, 1.165) is 27.8 Å². The van der Waals surface area contributed by atoms with E-state index in [4.69, 9.17) is 16.3 Å². The average molecular weight is 410 g/mol. The van der Waals surface area contributed by atoms with Gasteiger partial charge in [0.2, 0.25) is 0 Å². The number of aliphatic hydroxyl groups excluding tert-OH is 2. The summed E-state index contributed by atoms with van der Waals surface area (Å²) in [7, 11) is 0. The Morgan fingerprint density at radius 2 is 1.86 bits per heavy atom. The molecule has 29 heavy (non-hydrogen) atoms. The van der Waals surface area contributed by atoms with Gasteiger partial charge in [-0.15, -0.1) is 0 Å². The van der Waals surface area contributed by atoms with Gasteiger partial charge in [-0.3, -0.25) is 4.98 Å². The molecule has 2 aromatic carbocycles. The maximum absolute atomic E-state index is 10.1. The highest BCUT2D eigenvalue weighted by atomic mass is 35.5. The van der Waals surface area contributed by atoms with E-state index < -0.39 is 6.10 Å². The normalized spacial score (nSPS) is 21.8. The van der Waals surface area contributed by atoms with Crippen molar-refractivity contribution in [2.75, 3.05) is 6.61 Å². The zero-order valence-corrected chi connectivity index (χ0v) is 16.8. The molecule has 0 unspecified atom stereocenters. The van der Waals surface area contributed by atoms with Gasteiger partial charge in [0.1, 0.15) is 0 Å². The minimum absolute atomic E-state index is 0.0860. The molecule has 0 bridgehead atoms. The molecule has 3 aromatic rings. The smallest absolute Gasteiger partial charge is 0.0854 e. The summed E-state index contributed by atoms with van der Waals surface area (Å²) in [5, 5.41) is 20.2. The van der Waals surface area contributed by atoms with Crippen LogP contribution in [0.25, 0.3) is 11.1 Å². The Kier molecular flexibility index (Phi) is 6.26. The number of halogens is 1. The number of rotatable bonds is 5. The van der Waals surface area contributed by atoms with Crippen molar-refractivity contribution < 1.29 is 14.9 Å². The third kappa shape index (κ3) is 4.85. The quantitative estimate of drug-likeness (QED) is 0.648. The summed E-state index contributed by atoms with van der Waals surface area (Å²) in [4.78, 5) is 4.17. The molecule has 2 N–H and O–H groups in total. The number of nitrogens with zero attached hydrogens (tertiary/aromatic N) is 1. The third-order valence-corrected chi connectivity index (χ3v) is 5.74. The molecule has 4 nitrogen and oxygen atoms in total. The van der Waals surface area contributed by atoms with Crippen LogP contribution in [-0.2, 0) is 11.2 Å². The predicted molar refractivity (Wildman–Crippen MR) is 114 cm³/mol. The number of ether oxygens (including phenoxy) is 1. The van der Waals surface area contributed by atoms with Crippen LogP contribution < -0.4 is 0 Å². The fraction of sp³-hybridized carbons (Fsp3) is 0.292. The van der Waals surface area contributed by atoms with Gasteiger partial charge >= 0.3 is 0 Å². The molecule has 3 atom stereocenters. The Bertz CT molecular complexity index is 946. The fourth-order valence-corrected chi connectivity index (χ4v) is 4.01. The Hall–Kier alpha value is -2.24. The van der Waals surface area contributed by atoms with Gasteiger partial charge in [-0.25, -0.2) is 0 Å². The largest absolute Gasteiger partial charge is 0.394 e. The van der Waals surface area contributed by atoms with Gasteiger partial charge in [-0.05, 0) is 46.4 Å². The van der Waals surface area contributed by atoms with Gasteiger partial charge in [0.25, 0.3) is 0 Å². The van der Waals surface area contributed by atoms with Crippen molar-refractivity contribution in [2.24, 2.45) is 0 Å². The van der Waals surface area contributed by atoms with Crippen molar-refractivity contribution in [1.29, 1.82) is 0 Å². The first-order valence-corrected chi connectivity index (χ1v) is 10.2. The number of hydrogen-bond donors (Lipinski definition) is 2. The first-order chi connectivity index (χ1) is 14.1. The van der Waals surface area contributed by atoms with E-state index in [0.29, 0.717) is 24.3 Å². The van der Waals surface area contributed by atoms with Crippen LogP contribution in [0.15, 0.2) is 67.0 Å². The van der Waals surface area contributed by atoms with E-state index in [9.17, 15) is 10.2 Å². The van der Waals surface area contributed by atoms with Gasteiger partial charge < -0.3 is 14.9 Å². The third-order valence-electron chi connectivity index (χ3n) is 5.37. The SMILES string of the molecule is OC[C@@H]1C[C@H](O)C[C@H](c2ccc(Cl)c(Cc3ccc(-c4cccnc4)cc3)c2)O1. The molecule has 0 amide bonds. The summed E-state index contributed by atoms with van der Waals surface area (Å²) in [6, 6.07) is 18.2. The van der Waals surface area contributed by atoms with Crippen LogP contribution in [0.5, 0.6) is 0 Å². The lowest BCUT2D eigenvalue weighted by molar-refractivity contribution is -0.113. The van der Waals surface area contributed by atoms with Crippen LogP contribution in [0.1, 0.15) is 35.6 Å². The minimum atomic E-state index is -0.468. The van der Waals surface area contributed by atoms with Gasteiger partial charge in [-0.2, -0.15) is 0 Å². The van der Waals surface area contributed by atoms with E-state index in [1.54, 1.807) is 6.20 Å². The lowest BCUT2D eigenvalue weighted by Crippen LogP contribution is -2.33. The van der Waals surface area contributed by atoms with Crippen LogP contribution in [0.3, 0.4) is 0 Å². The molecule has 2 heterocycles. The van der Waals surface area contributed by atoms with E-state index >= 15 is 0 Å². The fourth-order valence-electron chi connectivity index (χ4n) is 3.82. The van der Waals surface area contributed by atoms with Crippen molar-refractivity contribution in [3.8, 4) is 11.1 Å². The van der Waals surface area contributed by atoms with Crippen molar-refractivity contribution in [1.82, 2.24) is 4.98 Å². The molecule has 0 aliphatic carbocycles. The molecule has 1 fully saturated rings. The van der Waals surface area contributed by atoms with Crippen molar-refractivity contribution in [3.63, 3.8) is 0 Å². The molecule has 150 valence electrons. The minimum Gasteiger partial charge on any atom is -0.394 e. The van der Waals surface area contributed by atoms with Crippen molar-refractivity contribution in [3.05, 3.63) is 88.7 Å². The second kappa shape index (κ2) is 9.06. The number of hydrogen-bond acceptors (Lipinski definition) is 4. The number of pyridine rings is 1. The second-order valence-corrected chi connectivity index (χ2v) is 7.93. The number of aromatic nitrogens is 1. The molecule has 0 spiro atoms. The van der Waals surface area contributed by atoms with Crippen LogP contribution in [0, 0.1) is 0 Å². The molecule has 0 radical (unpaired) electrons. The first kappa shape index (κ1) is 20.0. The summed E-state index contributed by atoms with van der Waals surface area (Å²) in [5.74, 6) is 0. The molecular weight excluding hydrogens is 386 g/mol. The number of benzene rings is 2. The molecule has 1 aromatic heterocycles. The molecule has 1 aliphatic heterocycles. The summed E-state index contributed by atoms with van der Waals surface area (Å²) < 4.78 is 5.94. The predicted octanol–water partition coefficient (Wildman–Crippen LogP) is 4.57. The average Bonchev–Trinajstić information content (AvgIpc) is 2.76. The maximum Gasteiger partial charge on any atom is 0.0854 e. The molecular formula is C24H24ClNO3. The summed E-state index contributed by atoms with van der Waals surface area (Å²) in [5.41, 5.74) is 5.37. The summed E-state index contributed by atoms with van der Waals surface area (Å²) >= 11 is 6.46. The monoisotopic (exact) mass is 409 g/mol. The Morgan fingerprint density at radius 3 is 2.59 bits per heavy atom. The lowest BCUT2D eigenvalue weighted by Gasteiger charge is -2.32. The van der Waals surface area contributed by atoms with Crippen LogP contribution in [0.4, 0.5) is 0 Å². The van der Waals surface area contributed by atoms with Crippen LogP contribution in [-0.4, -0.2) is 34.0 Å². The summed E-state index contributed by atoms with van der Waals surface area (Å²) in [6.07, 6.45) is 4.29. The van der Waals surface area contributed by atoms with Gasteiger partial charge in [0, 0.05) is 30.3 Å². The number of aliphatic hydroxyl groups is 2. The maximum atomic E-state index is 10.1. The van der Waals surface area contributed by atoms with Gasteiger partial charge in [-0.1, -0.05) is 54.1 Å². The van der Waals surface area contributed by atoms with Crippen molar-refractivity contribution in [2.45, 2.75) is 37.6 Å². The lowest BCUT2D eigenvalue weighted by atomic mass is 9.94. The van der Waals surface area contributed by atoms with Gasteiger partial charge in [0.05, 0.1) is 24.9 Å². The zero-order chi connectivity index (χ0) is 20.2. The van der Waals surface area contributed by atoms with E-state index in [2.05, 4.69) is 35.3 Å². The van der Waals surface area contributed by atoms with Crippen LogP contribution in [0.2, 0.25) is 5.02 Å². The highest BCUT2D eigenvalue weighted by Gasteiger charge is 2.29. The Labute approximate surface area is 175 Å². The second-order valence-electron chi connectivity index (χ2n) is 7.52. The Morgan fingerprint density at radius 1 is 1.03 bits per heavy atom. The highest BCUT2D eigenvalue weighted by Crippen LogP contribution is 2.34. The highest BCUT2D eigenvalue weighted by molar-refractivity contribution is 6.31. The zero-order valence-electron chi connectivity index (χ0n) is 16.0. The molecule has 4 rings (SSSR count). The molecule has 1 aliphatic rings. The summed E-state index contributed by atoms with van der Waals surface area (Å²) in [6.45, 7) is -0.0860. The van der Waals surface area contributed by atoms with E-state index in [1.165, 1.54) is 0 Å². The van der Waals surface area contributed by atoms with E-state index in [1.807, 2.05) is 30.5 Å². The first-order valence-electron chi connectivity index (χ1n) is 9.84. The Balaban J connectivity index is 1.52. The van der Waals surface area contributed by atoms with E-state index in [-0.39, 0.29) is 18.8 Å².